The fraction of sp³-hybridized carbons (Fsp3) is 0. The number of para-hydroxylation sites is 3. The molecule has 0 aliphatic carbocycles. The van der Waals surface area contributed by atoms with E-state index in [9.17, 15) is 0 Å². The van der Waals surface area contributed by atoms with Crippen LogP contribution in [0.1, 0.15) is 0 Å². The SMILES string of the molecule is c1ccc(-n2c3ccccc3c3cc(-c4cccc5cccc(-c6ccc7c(c6)c6ncccc6n7-c6ccccc6)c45)ccc32)cc1. The van der Waals surface area contributed by atoms with Gasteiger partial charge < -0.3 is 9.13 Å². The highest BCUT2D eigenvalue weighted by molar-refractivity contribution is 6.14. The Morgan fingerprint density at radius 1 is 0.375 bits per heavy atom. The zero-order valence-corrected chi connectivity index (χ0v) is 26.1. The Balaban J connectivity index is 1.20. The van der Waals surface area contributed by atoms with Gasteiger partial charge >= 0.3 is 0 Å². The van der Waals surface area contributed by atoms with E-state index in [1.807, 2.05) is 12.3 Å². The maximum Gasteiger partial charge on any atom is 0.0963 e. The molecule has 3 heteroatoms. The lowest BCUT2D eigenvalue weighted by atomic mass is 9.90. The molecule has 0 amide bonds. The van der Waals surface area contributed by atoms with E-state index in [1.165, 1.54) is 60.5 Å². The van der Waals surface area contributed by atoms with Crippen LogP contribution in [-0.2, 0) is 0 Å². The average molecular weight is 612 g/mol. The Hall–Kier alpha value is -6.45. The van der Waals surface area contributed by atoms with Crippen LogP contribution in [0.5, 0.6) is 0 Å². The molecule has 10 rings (SSSR count). The van der Waals surface area contributed by atoms with E-state index in [-0.39, 0.29) is 0 Å². The van der Waals surface area contributed by atoms with Crippen LogP contribution in [0.4, 0.5) is 0 Å². The summed E-state index contributed by atoms with van der Waals surface area (Å²) in [6, 6.07) is 61.2. The summed E-state index contributed by atoms with van der Waals surface area (Å²) in [5, 5.41) is 6.14. The molecule has 224 valence electrons. The van der Waals surface area contributed by atoms with Crippen molar-refractivity contribution < 1.29 is 0 Å². The topological polar surface area (TPSA) is 22.8 Å². The van der Waals surface area contributed by atoms with Gasteiger partial charge in [0.05, 0.1) is 27.6 Å². The highest BCUT2D eigenvalue weighted by atomic mass is 15.0. The van der Waals surface area contributed by atoms with Gasteiger partial charge in [0.15, 0.2) is 0 Å². The fourth-order valence-electron chi connectivity index (χ4n) is 7.68. The van der Waals surface area contributed by atoms with E-state index in [0.717, 1.165) is 27.6 Å². The standard InChI is InChI=1S/C45H29N3/c1-3-14-33(15-4-1)47-40-21-8-7-18-37(40)38-28-31(23-25-41(38)47)35-19-9-12-30-13-10-20-36(44(30)35)32-24-26-42-39(29-32)45-43(22-11-27-46-45)48(42)34-16-5-2-6-17-34/h1-29H. The van der Waals surface area contributed by atoms with Crippen molar-refractivity contribution in [1.82, 2.24) is 14.1 Å². The van der Waals surface area contributed by atoms with E-state index in [2.05, 4.69) is 173 Å². The van der Waals surface area contributed by atoms with Gasteiger partial charge in [0, 0.05) is 33.7 Å². The Labute approximate surface area is 277 Å². The Kier molecular flexibility index (Phi) is 5.87. The van der Waals surface area contributed by atoms with Crippen LogP contribution in [0.25, 0.3) is 88.1 Å². The van der Waals surface area contributed by atoms with Gasteiger partial charge in [-0.1, -0.05) is 103 Å². The first-order valence-electron chi connectivity index (χ1n) is 16.4. The number of benzene rings is 7. The first-order valence-corrected chi connectivity index (χ1v) is 16.4. The monoisotopic (exact) mass is 611 g/mol. The van der Waals surface area contributed by atoms with Crippen molar-refractivity contribution in [1.29, 1.82) is 0 Å². The van der Waals surface area contributed by atoms with Crippen molar-refractivity contribution in [3.8, 4) is 33.6 Å². The minimum Gasteiger partial charge on any atom is -0.309 e. The number of nitrogens with zero attached hydrogens (tertiary/aromatic N) is 3. The van der Waals surface area contributed by atoms with Crippen LogP contribution >= 0.6 is 0 Å². The molecule has 0 bridgehead atoms. The van der Waals surface area contributed by atoms with Gasteiger partial charge in [0.2, 0.25) is 0 Å². The van der Waals surface area contributed by atoms with Gasteiger partial charge in [-0.15, -0.1) is 0 Å². The number of hydrogen-bond acceptors (Lipinski definition) is 1. The third-order valence-electron chi connectivity index (χ3n) is 9.75. The van der Waals surface area contributed by atoms with Crippen LogP contribution in [0.15, 0.2) is 176 Å². The summed E-state index contributed by atoms with van der Waals surface area (Å²) >= 11 is 0. The molecule has 0 fully saturated rings. The van der Waals surface area contributed by atoms with Gasteiger partial charge in [-0.05, 0) is 99.8 Å². The number of rotatable bonds is 4. The molecule has 0 atom stereocenters. The minimum absolute atomic E-state index is 1.01. The average Bonchev–Trinajstić information content (AvgIpc) is 3.67. The van der Waals surface area contributed by atoms with E-state index in [1.54, 1.807) is 0 Å². The second-order valence-electron chi connectivity index (χ2n) is 12.4. The molecule has 0 N–H and O–H groups in total. The van der Waals surface area contributed by atoms with E-state index >= 15 is 0 Å². The molecular formula is C45H29N3. The smallest absolute Gasteiger partial charge is 0.0963 e. The third kappa shape index (κ3) is 3.98. The molecule has 3 heterocycles. The maximum absolute atomic E-state index is 4.87. The van der Waals surface area contributed by atoms with Crippen LogP contribution in [0.2, 0.25) is 0 Å². The van der Waals surface area contributed by atoms with E-state index in [4.69, 9.17) is 4.98 Å². The molecule has 7 aromatic carbocycles. The van der Waals surface area contributed by atoms with Crippen LogP contribution in [0, 0.1) is 0 Å². The van der Waals surface area contributed by atoms with Crippen molar-refractivity contribution in [3.05, 3.63) is 176 Å². The first kappa shape index (κ1) is 26.7. The molecule has 0 radical (unpaired) electrons. The van der Waals surface area contributed by atoms with Gasteiger partial charge in [-0.3, -0.25) is 4.98 Å². The van der Waals surface area contributed by atoms with Crippen molar-refractivity contribution in [3.63, 3.8) is 0 Å². The number of pyridine rings is 1. The fourth-order valence-corrected chi connectivity index (χ4v) is 7.68. The number of aromatic nitrogens is 3. The highest BCUT2D eigenvalue weighted by Crippen LogP contribution is 2.41. The summed E-state index contributed by atoms with van der Waals surface area (Å²) in [6.45, 7) is 0. The quantitative estimate of drug-likeness (QED) is 0.194. The summed E-state index contributed by atoms with van der Waals surface area (Å²) in [4.78, 5) is 4.87. The second kappa shape index (κ2) is 10.5. The lowest BCUT2D eigenvalue weighted by Gasteiger charge is -2.14. The molecule has 10 aromatic rings. The van der Waals surface area contributed by atoms with Gasteiger partial charge in [-0.25, -0.2) is 0 Å². The molecule has 0 aliphatic heterocycles. The number of fused-ring (bicyclic) bond motifs is 7. The Morgan fingerprint density at radius 2 is 0.917 bits per heavy atom. The molecule has 0 saturated heterocycles. The van der Waals surface area contributed by atoms with Crippen LogP contribution in [0.3, 0.4) is 0 Å². The third-order valence-corrected chi connectivity index (χ3v) is 9.75. The predicted molar refractivity (Wildman–Crippen MR) is 201 cm³/mol. The maximum atomic E-state index is 4.87. The normalized spacial score (nSPS) is 11.8. The second-order valence-corrected chi connectivity index (χ2v) is 12.4. The molecular weight excluding hydrogens is 583 g/mol. The number of hydrogen-bond donors (Lipinski definition) is 0. The van der Waals surface area contributed by atoms with Crippen molar-refractivity contribution in [2.75, 3.05) is 0 Å². The zero-order valence-electron chi connectivity index (χ0n) is 26.1. The first-order chi connectivity index (χ1) is 23.8. The zero-order chi connectivity index (χ0) is 31.6. The Morgan fingerprint density at radius 3 is 1.60 bits per heavy atom. The van der Waals surface area contributed by atoms with Gasteiger partial charge in [0.25, 0.3) is 0 Å². The molecule has 48 heavy (non-hydrogen) atoms. The molecule has 0 saturated carbocycles. The Bertz CT molecular complexity index is 2630. The van der Waals surface area contributed by atoms with Crippen LogP contribution < -0.4 is 0 Å². The summed E-state index contributed by atoms with van der Waals surface area (Å²) < 4.78 is 4.69. The highest BCUT2D eigenvalue weighted by Gasteiger charge is 2.18. The summed E-state index contributed by atoms with van der Waals surface area (Å²) in [7, 11) is 0. The lowest BCUT2D eigenvalue weighted by molar-refractivity contribution is 1.18. The summed E-state index contributed by atoms with van der Waals surface area (Å²) in [5.41, 5.74) is 12.8. The molecule has 3 aromatic heterocycles. The van der Waals surface area contributed by atoms with Gasteiger partial charge in [0.1, 0.15) is 0 Å². The van der Waals surface area contributed by atoms with Gasteiger partial charge in [-0.2, -0.15) is 0 Å². The van der Waals surface area contributed by atoms with Crippen molar-refractivity contribution in [2.24, 2.45) is 0 Å². The minimum atomic E-state index is 1.01. The summed E-state index contributed by atoms with van der Waals surface area (Å²) in [5.74, 6) is 0. The van der Waals surface area contributed by atoms with Crippen LogP contribution in [-0.4, -0.2) is 14.1 Å². The lowest BCUT2D eigenvalue weighted by Crippen LogP contribution is -1.93. The van der Waals surface area contributed by atoms with Crippen molar-refractivity contribution >= 4 is 54.5 Å². The summed E-state index contributed by atoms with van der Waals surface area (Å²) in [6.07, 6.45) is 1.89. The largest absolute Gasteiger partial charge is 0.309 e. The molecule has 0 spiro atoms. The van der Waals surface area contributed by atoms with E-state index in [0.29, 0.717) is 0 Å². The molecule has 0 aliphatic rings. The predicted octanol–water partition coefficient (Wildman–Crippen LogP) is 11.8. The molecule has 0 unspecified atom stereocenters. The van der Waals surface area contributed by atoms with Crippen molar-refractivity contribution in [2.45, 2.75) is 0 Å². The molecule has 3 nitrogen and oxygen atoms in total. The van der Waals surface area contributed by atoms with E-state index < -0.39 is 0 Å².